The first-order chi connectivity index (χ1) is 8.20. The number of fused-ring (bicyclic) bond motifs is 2. The molecule has 0 amide bonds. The van der Waals surface area contributed by atoms with E-state index in [0.717, 1.165) is 29.9 Å². The van der Waals surface area contributed by atoms with Crippen LogP contribution in [0.3, 0.4) is 0 Å². The summed E-state index contributed by atoms with van der Waals surface area (Å²) in [5, 5.41) is 0.591. The largest absolute Gasteiger partial charge is 0.493 e. The van der Waals surface area contributed by atoms with Crippen molar-refractivity contribution >= 4 is 16.9 Å². The topological polar surface area (TPSA) is 47.6 Å². The fourth-order valence-corrected chi connectivity index (χ4v) is 3.34. The van der Waals surface area contributed by atoms with Crippen LogP contribution in [-0.2, 0) is 5.54 Å². The molecule has 2 N–H and O–H groups in total. The monoisotopic (exact) mass is 252 g/mol. The van der Waals surface area contributed by atoms with Crippen molar-refractivity contribution in [2.45, 2.75) is 18.4 Å². The predicted molar refractivity (Wildman–Crippen MR) is 66.9 cm³/mol. The number of ether oxygens (including phenoxy) is 1. The maximum atomic E-state index is 13.4. The number of halogens is 1. The van der Waals surface area contributed by atoms with E-state index in [4.69, 9.17) is 10.5 Å². The first-order valence-electron chi connectivity index (χ1n) is 5.61. The molecule has 2 aliphatic heterocycles. The van der Waals surface area contributed by atoms with Gasteiger partial charge in [0, 0.05) is 17.7 Å². The van der Waals surface area contributed by atoms with Gasteiger partial charge in [0.05, 0.1) is 12.1 Å². The van der Waals surface area contributed by atoms with E-state index in [1.165, 1.54) is 12.1 Å². The summed E-state index contributed by atoms with van der Waals surface area (Å²) < 4.78 is 18.9. The third-order valence-corrected chi connectivity index (χ3v) is 4.10. The molecule has 2 aliphatic rings. The Kier molecular flexibility index (Phi) is 2.50. The van der Waals surface area contributed by atoms with Gasteiger partial charge in [0.2, 0.25) is 0 Å². The minimum Gasteiger partial charge on any atom is -0.493 e. The van der Waals surface area contributed by atoms with Crippen molar-refractivity contribution in [1.82, 2.24) is 0 Å². The van der Waals surface area contributed by atoms with Crippen molar-refractivity contribution in [1.29, 1.82) is 0 Å². The maximum absolute atomic E-state index is 13.4. The highest BCUT2D eigenvalue weighted by Crippen LogP contribution is 2.45. The number of thioether (sulfide) groups is 1. The second-order valence-corrected chi connectivity index (χ2v) is 5.43. The summed E-state index contributed by atoms with van der Waals surface area (Å²) in [7, 11) is 0. The molecule has 0 saturated heterocycles. The van der Waals surface area contributed by atoms with Crippen molar-refractivity contribution in [3.05, 3.63) is 29.6 Å². The molecule has 90 valence electrons. The van der Waals surface area contributed by atoms with Crippen molar-refractivity contribution < 1.29 is 9.13 Å². The van der Waals surface area contributed by atoms with E-state index in [0.29, 0.717) is 11.8 Å². The summed E-state index contributed by atoms with van der Waals surface area (Å²) in [6, 6.07) is 4.63. The van der Waals surface area contributed by atoms with Crippen LogP contribution < -0.4 is 10.5 Å². The molecule has 1 atom stereocenters. The molecular formula is C12H13FN2OS. The van der Waals surface area contributed by atoms with Gasteiger partial charge in [-0.25, -0.2) is 4.39 Å². The molecule has 0 bridgehead atoms. The lowest BCUT2D eigenvalue weighted by atomic mass is 9.82. The van der Waals surface area contributed by atoms with Crippen LogP contribution in [0.4, 0.5) is 4.39 Å². The Morgan fingerprint density at radius 2 is 2.29 bits per heavy atom. The van der Waals surface area contributed by atoms with Gasteiger partial charge in [-0.3, -0.25) is 4.99 Å². The van der Waals surface area contributed by atoms with Gasteiger partial charge in [-0.15, -0.1) is 0 Å². The summed E-state index contributed by atoms with van der Waals surface area (Å²) in [6.45, 7) is 0.611. The maximum Gasteiger partial charge on any atom is 0.154 e. The number of rotatable bonds is 0. The number of benzene rings is 1. The van der Waals surface area contributed by atoms with E-state index >= 15 is 0 Å². The van der Waals surface area contributed by atoms with Crippen molar-refractivity contribution in [3.8, 4) is 5.75 Å². The summed E-state index contributed by atoms with van der Waals surface area (Å²) >= 11 is 1.56. The van der Waals surface area contributed by atoms with Gasteiger partial charge in [-0.1, -0.05) is 11.8 Å². The zero-order valence-electron chi connectivity index (χ0n) is 9.28. The van der Waals surface area contributed by atoms with E-state index in [1.807, 2.05) is 0 Å². The number of amidine groups is 1. The Labute approximate surface area is 103 Å². The van der Waals surface area contributed by atoms with Crippen LogP contribution in [0.2, 0.25) is 0 Å². The molecule has 1 unspecified atom stereocenters. The fraction of sp³-hybridized carbons (Fsp3) is 0.417. The lowest BCUT2D eigenvalue weighted by Gasteiger charge is -2.37. The van der Waals surface area contributed by atoms with Crippen molar-refractivity contribution in [2.24, 2.45) is 10.7 Å². The molecule has 3 nitrogen and oxygen atoms in total. The third kappa shape index (κ3) is 1.78. The molecule has 0 aliphatic carbocycles. The number of nitrogens with zero attached hydrogens (tertiary/aromatic N) is 1. The Morgan fingerprint density at radius 1 is 1.41 bits per heavy atom. The molecule has 17 heavy (non-hydrogen) atoms. The van der Waals surface area contributed by atoms with E-state index in [1.54, 1.807) is 17.8 Å². The van der Waals surface area contributed by atoms with Gasteiger partial charge in [-0.2, -0.15) is 0 Å². The molecule has 5 heteroatoms. The number of nitrogens with two attached hydrogens (primary N) is 1. The van der Waals surface area contributed by atoms with E-state index < -0.39 is 0 Å². The smallest absolute Gasteiger partial charge is 0.154 e. The Bertz CT molecular complexity index is 491. The Hall–Kier alpha value is -1.23. The molecule has 1 spiro atoms. The Balaban J connectivity index is 2.15. The third-order valence-electron chi connectivity index (χ3n) is 3.31. The van der Waals surface area contributed by atoms with Crippen LogP contribution in [0.5, 0.6) is 5.75 Å². The molecular weight excluding hydrogens is 239 g/mol. The molecule has 3 rings (SSSR count). The second kappa shape index (κ2) is 3.91. The number of hydrogen-bond donors (Lipinski definition) is 1. The molecule has 2 heterocycles. The van der Waals surface area contributed by atoms with E-state index in [-0.39, 0.29) is 11.4 Å². The summed E-state index contributed by atoms with van der Waals surface area (Å²) in [5.41, 5.74) is 6.28. The minimum absolute atomic E-state index is 0.249. The van der Waals surface area contributed by atoms with Crippen molar-refractivity contribution in [2.75, 3.05) is 12.4 Å². The lowest BCUT2D eigenvalue weighted by Crippen LogP contribution is -2.36. The van der Waals surface area contributed by atoms with E-state index in [9.17, 15) is 4.39 Å². The van der Waals surface area contributed by atoms with Gasteiger partial charge in [0.25, 0.3) is 0 Å². The van der Waals surface area contributed by atoms with Crippen LogP contribution in [0.15, 0.2) is 23.2 Å². The first-order valence-corrected chi connectivity index (χ1v) is 6.59. The lowest BCUT2D eigenvalue weighted by molar-refractivity contribution is 0.213. The standard InChI is InChI=1S/C12H13FN2OS/c13-8-1-2-10-9(7-8)12(3-5-16-10)4-6-17-11(14)15-12/h1-2,7H,3-6H2,(H2,14,15). The summed E-state index contributed by atoms with van der Waals surface area (Å²) in [6.07, 6.45) is 1.66. The molecule has 0 fully saturated rings. The van der Waals surface area contributed by atoms with Crippen LogP contribution >= 0.6 is 11.8 Å². The van der Waals surface area contributed by atoms with Crippen LogP contribution in [0.1, 0.15) is 18.4 Å². The zero-order chi connectivity index (χ0) is 11.9. The fourth-order valence-electron chi connectivity index (χ4n) is 2.46. The number of hydrogen-bond acceptors (Lipinski definition) is 4. The minimum atomic E-state index is -0.370. The molecule has 0 aromatic heterocycles. The molecule has 0 saturated carbocycles. The van der Waals surface area contributed by atoms with Gasteiger partial charge < -0.3 is 10.5 Å². The highest BCUT2D eigenvalue weighted by molar-refractivity contribution is 8.13. The normalized spacial score (nSPS) is 27.2. The highest BCUT2D eigenvalue weighted by atomic mass is 32.2. The van der Waals surface area contributed by atoms with Crippen LogP contribution in [0.25, 0.3) is 0 Å². The summed E-state index contributed by atoms with van der Waals surface area (Å²) in [5.74, 6) is 1.41. The second-order valence-electron chi connectivity index (χ2n) is 4.32. The van der Waals surface area contributed by atoms with E-state index in [2.05, 4.69) is 4.99 Å². The van der Waals surface area contributed by atoms with Crippen LogP contribution in [-0.4, -0.2) is 17.5 Å². The molecule has 1 aromatic carbocycles. The Morgan fingerprint density at radius 3 is 3.12 bits per heavy atom. The highest BCUT2D eigenvalue weighted by Gasteiger charge is 2.39. The van der Waals surface area contributed by atoms with Crippen LogP contribution in [0, 0.1) is 5.82 Å². The molecule has 1 aromatic rings. The first kappa shape index (κ1) is 10.9. The quantitative estimate of drug-likeness (QED) is 0.770. The predicted octanol–water partition coefficient (Wildman–Crippen LogP) is 2.26. The average Bonchev–Trinajstić information content (AvgIpc) is 2.30. The molecule has 0 radical (unpaired) electrons. The summed E-state index contributed by atoms with van der Waals surface area (Å²) in [4.78, 5) is 4.57. The van der Waals surface area contributed by atoms with Crippen molar-refractivity contribution in [3.63, 3.8) is 0 Å². The van der Waals surface area contributed by atoms with Gasteiger partial charge >= 0.3 is 0 Å². The van der Waals surface area contributed by atoms with Gasteiger partial charge in [0.1, 0.15) is 11.6 Å². The van der Waals surface area contributed by atoms with Gasteiger partial charge in [-0.05, 0) is 24.6 Å². The average molecular weight is 252 g/mol. The SMILES string of the molecule is NC1=NC2(CCOc3ccc(F)cc32)CCS1. The zero-order valence-corrected chi connectivity index (χ0v) is 10.1. The number of aliphatic imine (C=N–C) groups is 1. The van der Waals surface area contributed by atoms with Gasteiger partial charge in [0.15, 0.2) is 5.17 Å².